The van der Waals surface area contributed by atoms with Crippen molar-refractivity contribution in [3.63, 3.8) is 0 Å². The third kappa shape index (κ3) is 3.72. The lowest BCUT2D eigenvalue weighted by Crippen LogP contribution is -2.33. The fourth-order valence-corrected chi connectivity index (χ4v) is 5.98. The minimum Gasteiger partial charge on any atom is -0.348 e. The predicted molar refractivity (Wildman–Crippen MR) is 117 cm³/mol. The molecule has 0 bridgehead atoms. The van der Waals surface area contributed by atoms with Crippen LogP contribution in [-0.2, 0) is 34.2 Å². The van der Waals surface area contributed by atoms with Crippen molar-refractivity contribution in [1.29, 1.82) is 0 Å². The molecular weight excluding hydrogens is 412 g/mol. The zero-order valence-electron chi connectivity index (χ0n) is 17.1. The number of anilines is 1. The molecule has 7 nitrogen and oxygen atoms in total. The maximum atomic E-state index is 13.1. The average molecular weight is 437 g/mol. The SMILES string of the molecule is O=C(Cn1cnc(S(=O)(=O)N2CCc3ccccc32)c1)NC1CCCc2ccccc21. The first-order valence-corrected chi connectivity index (χ1v) is 12.0. The fraction of sp³-hybridized carbons (Fsp3) is 0.304. The summed E-state index contributed by atoms with van der Waals surface area (Å²) in [4.78, 5) is 16.7. The molecule has 5 rings (SSSR count). The lowest BCUT2D eigenvalue weighted by molar-refractivity contribution is -0.122. The number of sulfonamides is 1. The maximum absolute atomic E-state index is 13.1. The number of carbonyl (C=O) groups excluding carboxylic acids is 1. The minimum absolute atomic E-state index is 0.00900. The van der Waals surface area contributed by atoms with Gasteiger partial charge in [-0.1, -0.05) is 42.5 Å². The van der Waals surface area contributed by atoms with Crippen molar-refractivity contribution in [2.75, 3.05) is 10.8 Å². The van der Waals surface area contributed by atoms with Crippen molar-refractivity contribution in [2.24, 2.45) is 0 Å². The number of hydrogen-bond acceptors (Lipinski definition) is 4. The van der Waals surface area contributed by atoms with E-state index in [2.05, 4.69) is 22.4 Å². The van der Waals surface area contributed by atoms with E-state index in [4.69, 9.17) is 0 Å². The Kier molecular flexibility index (Phi) is 5.02. The van der Waals surface area contributed by atoms with E-state index in [1.54, 1.807) is 0 Å². The normalized spacial score (nSPS) is 17.8. The highest BCUT2D eigenvalue weighted by Gasteiger charge is 2.32. The van der Waals surface area contributed by atoms with E-state index in [-0.39, 0.29) is 23.5 Å². The first-order chi connectivity index (χ1) is 15.0. The Morgan fingerprint density at radius 2 is 1.84 bits per heavy atom. The van der Waals surface area contributed by atoms with Crippen LogP contribution in [0.3, 0.4) is 0 Å². The highest BCUT2D eigenvalue weighted by molar-refractivity contribution is 7.92. The average Bonchev–Trinajstić information content (AvgIpc) is 3.42. The molecule has 31 heavy (non-hydrogen) atoms. The highest BCUT2D eigenvalue weighted by atomic mass is 32.2. The van der Waals surface area contributed by atoms with Crippen LogP contribution in [0.4, 0.5) is 5.69 Å². The molecule has 1 aliphatic carbocycles. The number of aryl methyl sites for hydroxylation is 1. The molecule has 0 saturated heterocycles. The van der Waals surface area contributed by atoms with Crippen LogP contribution < -0.4 is 9.62 Å². The Morgan fingerprint density at radius 3 is 2.71 bits per heavy atom. The van der Waals surface area contributed by atoms with Gasteiger partial charge in [-0.3, -0.25) is 9.10 Å². The van der Waals surface area contributed by atoms with Gasteiger partial charge in [-0.25, -0.2) is 4.98 Å². The summed E-state index contributed by atoms with van der Waals surface area (Å²) in [5.41, 5.74) is 4.16. The van der Waals surface area contributed by atoms with Crippen LogP contribution in [0.15, 0.2) is 66.1 Å². The molecule has 1 aromatic heterocycles. The number of hydrogen-bond donors (Lipinski definition) is 1. The van der Waals surface area contributed by atoms with Gasteiger partial charge in [0.1, 0.15) is 6.54 Å². The maximum Gasteiger partial charge on any atom is 0.283 e. The summed E-state index contributed by atoms with van der Waals surface area (Å²) >= 11 is 0. The molecule has 0 radical (unpaired) electrons. The van der Waals surface area contributed by atoms with Crippen LogP contribution in [0.2, 0.25) is 0 Å². The van der Waals surface area contributed by atoms with Crippen molar-refractivity contribution >= 4 is 21.6 Å². The van der Waals surface area contributed by atoms with Gasteiger partial charge in [0.15, 0.2) is 5.03 Å². The molecule has 0 spiro atoms. The summed E-state index contributed by atoms with van der Waals surface area (Å²) in [5, 5.41) is 3.05. The molecule has 1 aliphatic heterocycles. The highest BCUT2D eigenvalue weighted by Crippen LogP contribution is 2.32. The Bertz CT molecular complexity index is 1230. The smallest absolute Gasteiger partial charge is 0.283 e. The van der Waals surface area contributed by atoms with Gasteiger partial charge in [0.25, 0.3) is 10.0 Å². The van der Waals surface area contributed by atoms with Crippen molar-refractivity contribution < 1.29 is 13.2 Å². The van der Waals surface area contributed by atoms with E-state index < -0.39 is 10.0 Å². The molecule has 1 amide bonds. The zero-order chi connectivity index (χ0) is 21.4. The molecule has 160 valence electrons. The number of benzene rings is 2. The number of para-hydroxylation sites is 1. The topological polar surface area (TPSA) is 84.3 Å². The Morgan fingerprint density at radius 1 is 1.06 bits per heavy atom. The number of fused-ring (bicyclic) bond motifs is 2. The first-order valence-electron chi connectivity index (χ1n) is 10.5. The second kappa shape index (κ2) is 7.85. The molecule has 2 heterocycles. The lowest BCUT2D eigenvalue weighted by Gasteiger charge is -2.26. The molecule has 8 heteroatoms. The standard InChI is InChI=1S/C23H24N4O3S/c28-22(25-20-10-5-8-17-6-1-3-9-19(17)20)14-26-15-23(24-16-26)31(29,30)27-13-12-18-7-2-4-11-21(18)27/h1-4,6-7,9,11,15-16,20H,5,8,10,12-14H2,(H,25,28). The number of imidazole rings is 1. The number of amides is 1. The summed E-state index contributed by atoms with van der Waals surface area (Å²) < 4.78 is 29.1. The van der Waals surface area contributed by atoms with Crippen LogP contribution in [0.1, 0.15) is 35.6 Å². The molecule has 0 saturated carbocycles. The Hall–Kier alpha value is -3.13. The van der Waals surface area contributed by atoms with Gasteiger partial charge in [-0.15, -0.1) is 0 Å². The van der Waals surface area contributed by atoms with E-state index >= 15 is 0 Å². The second-order valence-electron chi connectivity index (χ2n) is 8.05. The van der Waals surface area contributed by atoms with E-state index in [1.807, 2.05) is 36.4 Å². The molecule has 1 atom stereocenters. The molecule has 2 aromatic carbocycles. The van der Waals surface area contributed by atoms with Gasteiger partial charge in [-0.05, 0) is 48.4 Å². The van der Waals surface area contributed by atoms with E-state index in [0.29, 0.717) is 18.7 Å². The summed E-state index contributed by atoms with van der Waals surface area (Å²) in [5.74, 6) is -0.158. The molecule has 2 aliphatic rings. The van der Waals surface area contributed by atoms with Crippen molar-refractivity contribution in [1.82, 2.24) is 14.9 Å². The Balaban J connectivity index is 1.29. The van der Waals surface area contributed by atoms with Gasteiger partial charge >= 0.3 is 0 Å². The minimum atomic E-state index is -3.76. The van der Waals surface area contributed by atoms with Crippen LogP contribution in [0.5, 0.6) is 0 Å². The molecule has 3 aromatic rings. The fourth-order valence-electron chi connectivity index (χ4n) is 4.54. The van der Waals surface area contributed by atoms with Crippen molar-refractivity contribution in [3.05, 3.63) is 77.7 Å². The second-order valence-corrected chi connectivity index (χ2v) is 9.86. The van der Waals surface area contributed by atoms with Gasteiger partial charge in [0.2, 0.25) is 5.91 Å². The summed E-state index contributed by atoms with van der Waals surface area (Å²) in [7, 11) is -3.76. The van der Waals surface area contributed by atoms with Gasteiger partial charge in [0, 0.05) is 12.7 Å². The molecular formula is C23H24N4O3S. The van der Waals surface area contributed by atoms with E-state index in [9.17, 15) is 13.2 Å². The van der Waals surface area contributed by atoms with Crippen LogP contribution in [-0.4, -0.2) is 30.4 Å². The first kappa shape index (κ1) is 19.8. The number of aromatic nitrogens is 2. The zero-order valence-corrected chi connectivity index (χ0v) is 17.9. The number of rotatable bonds is 5. The summed E-state index contributed by atoms with van der Waals surface area (Å²) in [6, 6.07) is 15.7. The van der Waals surface area contributed by atoms with E-state index in [1.165, 1.54) is 32.5 Å². The largest absolute Gasteiger partial charge is 0.348 e. The van der Waals surface area contributed by atoms with Gasteiger partial charge < -0.3 is 9.88 Å². The summed E-state index contributed by atoms with van der Waals surface area (Å²) in [6.07, 6.45) is 6.49. The third-order valence-electron chi connectivity index (χ3n) is 6.04. The van der Waals surface area contributed by atoms with Gasteiger partial charge in [-0.2, -0.15) is 8.42 Å². The molecule has 1 unspecified atom stereocenters. The number of nitrogens with zero attached hydrogens (tertiary/aromatic N) is 3. The van der Waals surface area contributed by atoms with Gasteiger partial charge in [0.05, 0.1) is 18.1 Å². The number of nitrogens with one attached hydrogen (secondary N) is 1. The van der Waals surface area contributed by atoms with E-state index in [0.717, 1.165) is 24.8 Å². The van der Waals surface area contributed by atoms with Crippen molar-refractivity contribution in [2.45, 2.75) is 43.3 Å². The number of carbonyl (C=O) groups is 1. The molecule has 1 N–H and O–H groups in total. The summed E-state index contributed by atoms with van der Waals surface area (Å²) in [6.45, 7) is 0.424. The predicted octanol–water partition coefficient (Wildman–Crippen LogP) is 2.83. The lowest BCUT2D eigenvalue weighted by atomic mass is 9.88. The molecule has 0 fully saturated rings. The quantitative estimate of drug-likeness (QED) is 0.667. The monoisotopic (exact) mass is 436 g/mol. The van der Waals surface area contributed by atoms with Crippen LogP contribution in [0.25, 0.3) is 0 Å². The van der Waals surface area contributed by atoms with Crippen LogP contribution in [0, 0.1) is 0 Å². The third-order valence-corrected chi connectivity index (χ3v) is 7.74. The van der Waals surface area contributed by atoms with Crippen molar-refractivity contribution in [3.8, 4) is 0 Å². The Labute approximate surface area is 181 Å². The van der Waals surface area contributed by atoms with Crippen LogP contribution >= 0.6 is 0 Å².